The molecular formula is C16H25ClN4O. The van der Waals surface area contributed by atoms with Crippen LogP contribution >= 0.6 is 11.6 Å². The lowest BCUT2D eigenvalue weighted by Gasteiger charge is -2.47. The fourth-order valence-corrected chi connectivity index (χ4v) is 3.74. The lowest BCUT2D eigenvalue weighted by atomic mass is 9.76. The molecule has 4 unspecified atom stereocenters. The highest BCUT2D eigenvalue weighted by Crippen LogP contribution is 2.35. The summed E-state index contributed by atoms with van der Waals surface area (Å²) in [6.45, 7) is 3.15. The fourth-order valence-electron chi connectivity index (χ4n) is 3.62. The number of benzene rings is 1. The average molecular weight is 325 g/mol. The van der Waals surface area contributed by atoms with Crippen LogP contribution in [-0.2, 0) is 0 Å². The fraction of sp³-hybridized carbons (Fsp3) is 0.625. The van der Waals surface area contributed by atoms with Crippen LogP contribution in [0, 0.1) is 11.8 Å². The van der Waals surface area contributed by atoms with Gasteiger partial charge in [-0.15, -0.1) is 0 Å². The smallest absolute Gasteiger partial charge is 0.0737 e. The van der Waals surface area contributed by atoms with Gasteiger partial charge in [0.15, 0.2) is 0 Å². The van der Waals surface area contributed by atoms with E-state index in [1.807, 2.05) is 12.1 Å². The number of hydrogen-bond donors (Lipinski definition) is 5. The lowest BCUT2D eigenvalue weighted by molar-refractivity contribution is 0.0657. The Balaban J connectivity index is 1.71. The zero-order chi connectivity index (χ0) is 15.4. The van der Waals surface area contributed by atoms with Gasteiger partial charge < -0.3 is 15.7 Å². The van der Waals surface area contributed by atoms with E-state index in [2.05, 4.69) is 33.6 Å². The maximum atomic E-state index is 8.94. The third-order valence-corrected chi connectivity index (χ3v) is 5.02. The van der Waals surface area contributed by atoms with Gasteiger partial charge in [0.1, 0.15) is 0 Å². The summed E-state index contributed by atoms with van der Waals surface area (Å²) >= 11 is 6.00. The van der Waals surface area contributed by atoms with E-state index in [1.165, 1.54) is 5.56 Å². The van der Waals surface area contributed by atoms with Crippen LogP contribution in [0.15, 0.2) is 24.3 Å². The van der Waals surface area contributed by atoms with E-state index in [-0.39, 0.29) is 18.8 Å². The van der Waals surface area contributed by atoms with Gasteiger partial charge >= 0.3 is 0 Å². The topological polar surface area (TPSA) is 68.3 Å². The number of halogens is 1. The van der Waals surface area contributed by atoms with E-state index in [9.17, 15) is 0 Å². The van der Waals surface area contributed by atoms with Crippen LogP contribution in [0.5, 0.6) is 0 Å². The maximum absolute atomic E-state index is 8.94. The van der Waals surface area contributed by atoms with Gasteiger partial charge in [-0.2, -0.15) is 0 Å². The van der Waals surface area contributed by atoms with Crippen molar-refractivity contribution in [3.63, 3.8) is 0 Å². The minimum atomic E-state index is 0.232. The molecule has 0 bridgehead atoms. The minimum Gasteiger partial charge on any atom is -0.396 e. The normalized spacial score (nSPS) is 31.7. The van der Waals surface area contributed by atoms with Crippen molar-refractivity contribution in [2.75, 3.05) is 26.2 Å². The van der Waals surface area contributed by atoms with Crippen LogP contribution in [0.3, 0.4) is 0 Å². The molecule has 2 aliphatic heterocycles. The molecule has 3 rings (SSSR count). The molecule has 2 aliphatic rings. The Hall–Kier alpha value is -0.690. The molecule has 1 aromatic rings. The molecule has 0 radical (unpaired) electrons. The lowest BCUT2D eigenvalue weighted by Crippen LogP contribution is -2.65. The number of piperidine rings is 1. The summed E-state index contributed by atoms with van der Waals surface area (Å²) in [4.78, 5) is 0. The van der Waals surface area contributed by atoms with E-state index in [4.69, 9.17) is 16.7 Å². The highest BCUT2D eigenvalue weighted by molar-refractivity contribution is 6.30. The second kappa shape index (κ2) is 7.73. The summed E-state index contributed by atoms with van der Waals surface area (Å²) < 4.78 is 0. The van der Waals surface area contributed by atoms with E-state index in [0.29, 0.717) is 11.8 Å². The van der Waals surface area contributed by atoms with Gasteiger partial charge in [-0.05, 0) is 55.5 Å². The third-order valence-electron chi connectivity index (χ3n) is 4.76. The highest BCUT2D eigenvalue weighted by atomic mass is 35.5. The van der Waals surface area contributed by atoms with Crippen molar-refractivity contribution in [2.24, 2.45) is 11.8 Å². The molecule has 0 saturated carbocycles. The van der Waals surface area contributed by atoms with Crippen LogP contribution in [0.25, 0.3) is 0 Å². The van der Waals surface area contributed by atoms with Crippen molar-refractivity contribution in [1.82, 2.24) is 21.5 Å². The molecule has 0 aromatic heterocycles. The Kier molecular flexibility index (Phi) is 5.68. The number of aliphatic hydroxyl groups excluding tert-OH is 1. The van der Waals surface area contributed by atoms with Crippen molar-refractivity contribution >= 4 is 11.6 Å². The van der Waals surface area contributed by atoms with Gasteiger partial charge in [0.05, 0.1) is 12.2 Å². The van der Waals surface area contributed by atoms with Crippen LogP contribution in [0.4, 0.5) is 0 Å². The van der Waals surface area contributed by atoms with Crippen molar-refractivity contribution in [3.05, 3.63) is 34.9 Å². The Bertz CT molecular complexity index is 470. The molecule has 2 saturated heterocycles. The zero-order valence-corrected chi connectivity index (χ0v) is 13.4. The molecular weight excluding hydrogens is 300 g/mol. The molecule has 0 amide bonds. The zero-order valence-electron chi connectivity index (χ0n) is 12.7. The van der Waals surface area contributed by atoms with Crippen LogP contribution < -0.4 is 21.5 Å². The molecule has 6 heteroatoms. The predicted molar refractivity (Wildman–Crippen MR) is 88.4 cm³/mol. The number of rotatable bonds is 5. The quantitative estimate of drug-likeness (QED) is 0.523. The molecule has 1 aromatic carbocycles. The van der Waals surface area contributed by atoms with E-state index in [1.54, 1.807) is 0 Å². The largest absolute Gasteiger partial charge is 0.396 e. The molecule has 0 aliphatic carbocycles. The predicted octanol–water partition coefficient (Wildman–Crippen LogP) is 1.01. The van der Waals surface area contributed by atoms with Gasteiger partial charge in [-0.25, -0.2) is 10.9 Å². The summed E-state index contributed by atoms with van der Waals surface area (Å²) in [5.74, 6) is 1.10. The average Bonchev–Trinajstić information content (AvgIpc) is 2.56. The minimum absolute atomic E-state index is 0.232. The SMILES string of the molecule is OCCCNC1NNC(c2ccc(Cl)cc2)C2CNCCC12. The molecule has 4 atom stereocenters. The summed E-state index contributed by atoms with van der Waals surface area (Å²) in [6, 6.07) is 8.40. The van der Waals surface area contributed by atoms with Gasteiger partial charge in [-0.1, -0.05) is 23.7 Å². The van der Waals surface area contributed by atoms with E-state index in [0.717, 1.165) is 37.5 Å². The monoisotopic (exact) mass is 324 g/mol. The van der Waals surface area contributed by atoms with Crippen molar-refractivity contribution < 1.29 is 5.11 Å². The Morgan fingerprint density at radius 3 is 2.77 bits per heavy atom. The molecule has 2 heterocycles. The first kappa shape index (κ1) is 16.2. The first-order chi connectivity index (χ1) is 10.8. The van der Waals surface area contributed by atoms with Crippen LogP contribution in [-0.4, -0.2) is 37.5 Å². The molecule has 5 N–H and O–H groups in total. The molecule has 5 nitrogen and oxygen atoms in total. The first-order valence-corrected chi connectivity index (χ1v) is 8.49. The van der Waals surface area contributed by atoms with Gasteiger partial charge in [0.2, 0.25) is 0 Å². The van der Waals surface area contributed by atoms with Crippen molar-refractivity contribution in [1.29, 1.82) is 0 Å². The van der Waals surface area contributed by atoms with E-state index < -0.39 is 0 Å². The maximum Gasteiger partial charge on any atom is 0.0737 e. The third kappa shape index (κ3) is 3.62. The second-order valence-corrected chi connectivity index (χ2v) is 6.58. The van der Waals surface area contributed by atoms with Gasteiger partial charge in [-0.3, -0.25) is 0 Å². The Labute approximate surface area is 136 Å². The standard InChI is InChI=1S/C16H25ClN4O/c17-12-4-2-11(3-5-12)15-14-10-18-8-6-13(14)16(21-20-15)19-7-1-9-22/h2-5,13-16,18-22H,1,6-10H2. The van der Waals surface area contributed by atoms with Gasteiger partial charge in [0, 0.05) is 18.2 Å². The number of hydrogen-bond acceptors (Lipinski definition) is 5. The highest BCUT2D eigenvalue weighted by Gasteiger charge is 2.40. The Morgan fingerprint density at radius 2 is 2.00 bits per heavy atom. The number of hydrazine groups is 1. The van der Waals surface area contributed by atoms with Crippen molar-refractivity contribution in [3.8, 4) is 0 Å². The number of aliphatic hydroxyl groups is 1. The molecule has 0 spiro atoms. The summed E-state index contributed by atoms with van der Waals surface area (Å²) in [5, 5.41) is 16.8. The summed E-state index contributed by atoms with van der Waals surface area (Å²) in [6.07, 6.45) is 2.19. The van der Waals surface area contributed by atoms with Crippen LogP contribution in [0.1, 0.15) is 24.4 Å². The number of nitrogens with one attached hydrogen (secondary N) is 4. The molecule has 22 heavy (non-hydrogen) atoms. The molecule has 2 fully saturated rings. The van der Waals surface area contributed by atoms with E-state index >= 15 is 0 Å². The Morgan fingerprint density at radius 1 is 1.18 bits per heavy atom. The first-order valence-electron chi connectivity index (χ1n) is 8.11. The summed E-state index contributed by atoms with van der Waals surface area (Å²) in [7, 11) is 0. The van der Waals surface area contributed by atoms with Gasteiger partial charge in [0.25, 0.3) is 0 Å². The number of fused-ring (bicyclic) bond motifs is 1. The summed E-state index contributed by atoms with van der Waals surface area (Å²) in [5.41, 5.74) is 8.18. The van der Waals surface area contributed by atoms with Crippen LogP contribution in [0.2, 0.25) is 5.02 Å². The molecule has 122 valence electrons. The second-order valence-electron chi connectivity index (χ2n) is 6.15. The van der Waals surface area contributed by atoms with Crippen molar-refractivity contribution in [2.45, 2.75) is 25.0 Å².